The maximum atomic E-state index is 12.2. The quantitative estimate of drug-likeness (QED) is 0.464. The van der Waals surface area contributed by atoms with Crippen LogP contribution in [0.3, 0.4) is 0 Å². The van der Waals surface area contributed by atoms with Crippen molar-refractivity contribution in [2.75, 3.05) is 25.3 Å². The van der Waals surface area contributed by atoms with Crippen molar-refractivity contribution < 1.29 is 4.79 Å². The normalized spacial score (nSPS) is 10.8. The molecule has 0 aliphatic rings. The van der Waals surface area contributed by atoms with E-state index in [1.807, 2.05) is 67.7 Å². The molecule has 108 valence electrons. The third-order valence-electron chi connectivity index (χ3n) is 3.19. The molecule has 0 radical (unpaired) electrons. The van der Waals surface area contributed by atoms with Gasteiger partial charge in [0.1, 0.15) is 0 Å². The van der Waals surface area contributed by atoms with Crippen molar-refractivity contribution in [1.29, 1.82) is 0 Å². The Balaban J connectivity index is 2.13. The molecule has 3 heteroatoms. The van der Waals surface area contributed by atoms with E-state index in [1.165, 1.54) is 4.90 Å². The van der Waals surface area contributed by atoms with E-state index in [9.17, 15) is 4.79 Å². The van der Waals surface area contributed by atoms with Gasteiger partial charge < -0.3 is 4.90 Å². The van der Waals surface area contributed by atoms with Crippen molar-refractivity contribution in [3.63, 3.8) is 0 Å². The Morgan fingerprint density at radius 1 is 1.10 bits per heavy atom. The van der Waals surface area contributed by atoms with Gasteiger partial charge in [-0.3, -0.25) is 4.79 Å². The summed E-state index contributed by atoms with van der Waals surface area (Å²) in [6.07, 6.45) is 5.53. The Morgan fingerprint density at radius 3 is 2.43 bits per heavy atom. The van der Waals surface area contributed by atoms with Gasteiger partial charge in [0.2, 0.25) is 0 Å². The number of carbonyl (C=O) groups is 1. The van der Waals surface area contributed by atoms with Crippen LogP contribution < -0.4 is 4.90 Å². The lowest BCUT2D eigenvalue weighted by molar-refractivity contribution is 0.104. The van der Waals surface area contributed by atoms with Crippen molar-refractivity contribution >= 4 is 29.3 Å². The second-order valence-electron chi connectivity index (χ2n) is 4.92. The molecule has 0 saturated heterocycles. The first-order chi connectivity index (χ1) is 10.1. The molecule has 0 aliphatic heterocycles. The van der Waals surface area contributed by atoms with Crippen molar-refractivity contribution in [2.45, 2.75) is 4.90 Å². The van der Waals surface area contributed by atoms with E-state index >= 15 is 0 Å². The minimum Gasteiger partial charge on any atom is -0.378 e. The molecular weight excluding hydrogens is 278 g/mol. The van der Waals surface area contributed by atoms with Gasteiger partial charge in [-0.1, -0.05) is 30.3 Å². The first-order valence-electron chi connectivity index (χ1n) is 6.74. The average molecular weight is 297 g/mol. The largest absolute Gasteiger partial charge is 0.378 e. The molecule has 2 nitrogen and oxygen atoms in total. The van der Waals surface area contributed by atoms with Gasteiger partial charge in [0, 0.05) is 30.2 Å². The Labute approximate surface area is 130 Å². The predicted octanol–water partition coefficient (Wildman–Crippen LogP) is 4.37. The number of benzene rings is 2. The van der Waals surface area contributed by atoms with E-state index in [0.717, 1.165) is 11.3 Å². The Morgan fingerprint density at radius 2 is 1.81 bits per heavy atom. The molecule has 0 spiro atoms. The fourth-order valence-electron chi connectivity index (χ4n) is 1.92. The number of thioether (sulfide) groups is 1. The molecule has 0 atom stereocenters. The second-order valence-corrected chi connectivity index (χ2v) is 5.80. The zero-order valence-corrected chi connectivity index (χ0v) is 13.4. The summed E-state index contributed by atoms with van der Waals surface area (Å²) in [6, 6.07) is 15.8. The lowest BCUT2D eigenvalue weighted by atomic mass is 10.1. The average Bonchev–Trinajstić information content (AvgIpc) is 2.53. The highest BCUT2D eigenvalue weighted by atomic mass is 32.2. The van der Waals surface area contributed by atoms with Crippen LogP contribution in [0.25, 0.3) is 6.08 Å². The fourth-order valence-corrected chi connectivity index (χ4v) is 2.33. The monoisotopic (exact) mass is 297 g/mol. The molecule has 0 aromatic heterocycles. The maximum Gasteiger partial charge on any atom is 0.185 e. The van der Waals surface area contributed by atoms with Crippen LogP contribution in [0.2, 0.25) is 0 Å². The van der Waals surface area contributed by atoms with Gasteiger partial charge in [0.25, 0.3) is 0 Å². The molecule has 0 bridgehead atoms. The molecule has 0 unspecified atom stereocenters. The molecule has 0 amide bonds. The summed E-state index contributed by atoms with van der Waals surface area (Å²) < 4.78 is 0. The summed E-state index contributed by atoms with van der Waals surface area (Å²) in [4.78, 5) is 15.4. The Bertz CT molecular complexity index is 645. The van der Waals surface area contributed by atoms with Crippen LogP contribution in [0.15, 0.2) is 59.5 Å². The van der Waals surface area contributed by atoms with Crippen molar-refractivity contribution in [3.8, 4) is 0 Å². The summed E-state index contributed by atoms with van der Waals surface area (Å²) in [5, 5.41) is 0. The molecule has 2 aromatic carbocycles. The van der Waals surface area contributed by atoms with Crippen molar-refractivity contribution in [1.82, 2.24) is 0 Å². The topological polar surface area (TPSA) is 20.3 Å². The molecule has 2 aromatic rings. The highest BCUT2D eigenvalue weighted by molar-refractivity contribution is 7.98. The van der Waals surface area contributed by atoms with Crippen LogP contribution >= 0.6 is 11.8 Å². The van der Waals surface area contributed by atoms with Crippen LogP contribution in [0.4, 0.5) is 5.69 Å². The van der Waals surface area contributed by atoms with E-state index in [4.69, 9.17) is 0 Å². The lowest BCUT2D eigenvalue weighted by Crippen LogP contribution is -2.09. The summed E-state index contributed by atoms with van der Waals surface area (Å²) in [7, 11) is 3.93. The molecular formula is C18H19NOS. The van der Waals surface area contributed by atoms with Crippen molar-refractivity contribution in [3.05, 3.63) is 65.7 Å². The van der Waals surface area contributed by atoms with E-state index in [2.05, 4.69) is 12.1 Å². The number of allylic oxidation sites excluding steroid dienone is 1. The van der Waals surface area contributed by atoms with E-state index in [0.29, 0.717) is 5.56 Å². The first kappa shape index (κ1) is 15.4. The van der Waals surface area contributed by atoms with Crippen LogP contribution in [-0.4, -0.2) is 26.1 Å². The van der Waals surface area contributed by atoms with Gasteiger partial charge in [-0.2, -0.15) is 0 Å². The SMILES string of the molecule is CSc1ccc(C=CC(=O)c2cccc(N(C)C)c2)cc1. The summed E-state index contributed by atoms with van der Waals surface area (Å²) in [5.41, 5.74) is 2.77. The lowest BCUT2D eigenvalue weighted by Gasteiger charge is -2.12. The van der Waals surface area contributed by atoms with Gasteiger partial charge in [-0.25, -0.2) is 0 Å². The second kappa shape index (κ2) is 7.14. The standard InChI is InChI=1S/C18H19NOS/c1-19(2)16-6-4-5-15(13-16)18(20)12-9-14-7-10-17(21-3)11-8-14/h4-13H,1-3H3. The van der Waals surface area contributed by atoms with Gasteiger partial charge in [-0.05, 0) is 42.2 Å². The number of hydrogen-bond donors (Lipinski definition) is 0. The summed E-state index contributed by atoms with van der Waals surface area (Å²) in [6.45, 7) is 0. The minimum absolute atomic E-state index is 0.0210. The number of nitrogens with zero attached hydrogens (tertiary/aromatic N) is 1. The Hall–Kier alpha value is -2.00. The first-order valence-corrected chi connectivity index (χ1v) is 7.96. The predicted molar refractivity (Wildman–Crippen MR) is 92.4 cm³/mol. The molecule has 0 aliphatic carbocycles. The molecule has 21 heavy (non-hydrogen) atoms. The highest BCUT2D eigenvalue weighted by Crippen LogP contribution is 2.17. The number of rotatable bonds is 5. The van der Waals surface area contributed by atoms with Crippen molar-refractivity contribution in [2.24, 2.45) is 0 Å². The van der Waals surface area contributed by atoms with Gasteiger partial charge in [0.15, 0.2) is 5.78 Å². The minimum atomic E-state index is 0.0210. The van der Waals surface area contributed by atoms with E-state index < -0.39 is 0 Å². The number of anilines is 1. The van der Waals surface area contributed by atoms with Crippen LogP contribution in [0.1, 0.15) is 15.9 Å². The molecule has 0 fully saturated rings. The number of carbonyl (C=O) groups excluding carboxylic acids is 1. The third-order valence-corrected chi connectivity index (χ3v) is 3.93. The highest BCUT2D eigenvalue weighted by Gasteiger charge is 2.03. The maximum absolute atomic E-state index is 12.2. The van der Waals surface area contributed by atoms with Gasteiger partial charge >= 0.3 is 0 Å². The van der Waals surface area contributed by atoms with Crippen LogP contribution in [0, 0.1) is 0 Å². The van der Waals surface area contributed by atoms with E-state index in [-0.39, 0.29) is 5.78 Å². The summed E-state index contributed by atoms with van der Waals surface area (Å²) in [5.74, 6) is 0.0210. The van der Waals surface area contributed by atoms with Crippen LogP contribution in [-0.2, 0) is 0 Å². The summed E-state index contributed by atoms with van der Waals surface area (Å²) >= 11 is 1.71. The molecule has 0 heterocycles. The molecule has 2 rings (SSSR count). The van der Waals surface area contributed by atoms with Gasteiger partial charge in [0.05, 0.1) is 0 Å². The molecule has 0 saturated carbocycles. The number of hydrogen-bond acceptors (Lipinski definition) is 3. The zero-order chi connectivity index (χ0) is 15.2. The van der Waals surface area contributed by atoms with Crippen LogP contribution in [0.5, 0.6) is 0 Å². The van der Waals surface area contributed by atoms with E-state index in [1.54, 1.807) is 17.8 Å². The number of ketones is 1. The van der Waals surface area contributed by atoms with Gasteiger partial charge in [-0.15, -0.1) is 11.8 Å². The fraction of sp³-hybridized carbons (Fsp3) is 0.167. The third kappa shape index (κ3) is 4.23. The smallest absolute Gasteiger partial charge is 0.185 e. The Kier molecular flexibility index (Phi) is 5.23. The molecule has 0 N–H and O–H groups in total. The zero-order valence-electron chi connectivity index (χ0n) is 12.5.